The Kier molecular flexibility index (Phi) is 7.53. The van der Waals surface area contributed by atoms with E-state index >= 15 is 0 Å². The summed E-state index contributed by atoms with van der Waals surface area (Å²) < 4.78 is 5.17. The topological polar surface area (TPSA) is 98.0 Å². The van der Waals surface area contributed by atoms with Crippen LogP contribution >= 0.6 is 0 Å². The Balaban J connectivity index is 2.57. The number of benzene rings is 1. The van der Waals surface area contributed by atoms with E-state index in [4.69, 9.17) is 16.2 Å². The molecule has 0 fully saturated rings. The first-order valence-corrected chi connectivity index (χ1v) is 7.30. The monoisotopic (exact) mass is 303 g/mol. The molecule has 0 heterocycles. The molecule has 1 rings (SSSR count). The van der Waals surface area contributed by atoms with Crippen LogP contribution in [0.5, 0.6) is 5.75 Å². The summed E-state index contributed by atoms with van der Waals surface area (Å²) in [5.74, 6) is 1.00. The predicted octanol–water partition coefficient (Wildman–Crippen LogP) is 2.37. The molecule has 0 unspecified atom stereocenters. The van der Waals surface area contributed by atoms with Crippen LogP contribution in [0.4, 0.5) is 5.69 Å². The molecule has 0 aliphatic carbocycles. The van der Waals surface area contributed by atoms with Gasteiger partial charge in [-0.1, -0.05) is 26.3 Å². The quantitative estimate of drug-likeness (QED) is 0.226. The number of aliphatic imine (C=N–C) groups is 1. The third-order valence-electron chi connectivity index (χ3n) is 3.05. The third-order valence-corrected chi connectivity index (χ3v) is 3.05. The Bertz CT molecular complexity index is 551. The van der Waals surface area contributed by atoms with Crippen LogP contribution < -0.4 is 21.6 Å². The van der Waals surface area contributed by atoms with Crippen molar-refractivity contribution >= 4 is 23.4 Å². The number of unbranched alkanes of at least 4 members (excludes halogenated alkanes) is 2. The van der Waals surface area contributed by atoms with Gasteiger partial charge in [-0.15, -0.1) is 0 Å². The van der Waals surface area contributed by atoms with Crippen LogP contribution in [0.1, 0.15) is 31.7 Å². The largest absolute Gasteiger partial charge is 0.497 e. The lowest BCUT2D eigenvalue weighted by Crippen LogP contribution is -2.27. The van der Waals surface area contributed by atoms with Crippen molar-refractivity contribution < 1.29 is 4.74 Å². The molecule has 0 amide bonds. The van der Waals surface area contributed by atoms with Gasteiger partial charge in [-0.2, -0.15) is 5.10 Å². The maximum atomic E-state index is 5.92. The number of nitrogen functional groups attached to an aromatic ring is 1. The number of allylic oxidation sites excluding steroid dienone is 1. The van der Waals surface area contributed by atoms with Gasteiger partial charge in [-0.05, 0) is 30.2 Å². The molecule has 1 aromatic carbocycles. The van der Waals surface area contributed by atoms with Crippen LogP contribution in [-0.2, 0) is 0 Å². The molecule has 120 valence electrons. The highest BCUT2D eigenvalue weighted by atomic mass is 16.5. The Labute approximate surface area is 131 Å². The lowest BCUT2D eigenvalue weighted by atomic mass is 10.1. The molecular weight excluding hydrogens is 278 g/mol. The second-order valence-electron chi connectivity index (χ2n) is 4.82. The SMILES string of the molecule is C=C(/C=N/NC(N)=NCCCCC)c1cc(OC)ccc1N. The van der Waals surface area contributed by atoms with Crippen LogP contribution in [-0.4, -0.2) is 25.8 Å². The summed E-state index contributed by atoms with van der Waals surface area (Å²) >= 11 is 0. The van der Waals surface area contributed by atoms with Gasteiger partial charge in [0.05, 0.1) is 13.3 Å². The smallest absolute Gasteiger partial charge is 0.209 e. The first-order valence-electron chi connectivity index (χ1n) is 7.30. The van der Waals surface area contributed by atoms with E-state index in [1.54, 1.807) is 25.5 Å². The van der Waals surface area contributed by atoms with E-state index in [9.17, 15) is 0 Å². The average molecular weight is 303 g/mol. The summed E-state index contributed by atoms with van der Waals surface area (Å²) in [6.45, 7) is 6.78. The highest BCUT2D eigenvalue weighted by Gasteiger charge is 2.04. The van der Waals surface area contributed by atoms with E-state index in [0.717, 1.165) is 24.8 Å². The second-order valence-corrected chi connectivity index (χ2v) is 4.82. The van der Waals surface area contributed by atoms with Gasteiger partial charge in [-0.25, -0.2) is 5.43 Å². The van der Waals surface area contributed by atoms with Gasteiger partial charge in [0.15, 0.2) is 0 Å². The van der Waals surface area contributed by atoms with Crippen molar-refractivity contribution in [3.05, 3.63) is 30.3 Å². The van der Waals surface area contributed by atoms with Crippen LogP contribution in [0.3, 0.4) is 0 Å². The number of anilines is 1. The highest BCUT2D eigenvalue weighted by molar-refractivity contribution is 6.11. The molecule has 0 aliphatic heterocycles. The van der Waals surface area contributed by atoms with Crippen molar-refractivity contribution in [2.24, 2.45) is 15.8 Å². The zero-order chi connectivity index (χ0) is 16.4. The molecule has 0 aliphatic rings. The van der Waals surface area contributed by atoms with Crippen molar-refractivity contribution in [3.8, 4) is 5.75 Å². The Morgan fingerprint density at radius 2 is 2.18 bits per heavy atom. The van der Waals surface area contributed by atoms with Crippen LogP contribution in [0, 0.1) is 0 Å². The van der Waals surface area contributed by atoms with Crippen LogP contribution in [0.15, 0.2) is 34.9 Å². The third kappa shape index (κ3) is 5.87. The minimum Gasteiger partial charge on any atom is -0.497 e. The number of hydrogen-bond donors (Lipinski definition) is 3. The number of nitrogens with zero attached hydrogens (tertiary/aromatic N) is 2. The van der Waals surface area contributed by atoms with Gasteiger partial charge >= 0.3 is 0 Å². The summed E-state index contributed by atoms with van der Waals surface area (Å²) in [7, 11) is 1.60. The molecule has 0 aromatic heterocycles. The standard InChI is InChI=1S/C16H25N5O/c1-4-5-6-9-19-16(18)21-20-11-12(2)14-10-13(22-3)7-8-15(14)17/h7-8,10-11H,2,4-6,9,17H2,1,3H3,(H3,18,19,21)/b20-11+. The van der Waals surface area contributed by atoms with Gasteiger partial charge in [-0.3, -0.25) is 4.99 Å². The fourth-order valence-corrected chi connectivity index (χ4v) is 1.78. The number of guanidine groups is 1. The fourth-order valence-electron chi connectivity index (χ4n) is 1.78. The number of methoxy groups -OCH3 is 1. The van der Waals surface area contributed by atoms with E-state index in [0.29, 0.717) is 29.5 Å². The summed E-state index contributed by atoms with van der Waals surface area (Å²) in [6, 6.07) is 5.37. The molecule has 1 aromatic rings. The first-order chi connectivity index (χ1) is 10.6. The summed E-state index contributed by atoms with van der Waals surface area (Å²) in [6.07, 6.45) is 4.88. The maximum Gasteiger partial charge on any atom is 0.209 e. The minimum atomic E-state index is 0.291. The van der Waals surface area contributed by atoms with Crippen LogP contribution in [0.25, 0.3) is 5.57 Å². The molecule has 22 heavy (non-hydrogen) atoms. The molecule has 0 atom stereocenters. The van der Waals surface area contributed by atoms with Gasteiger partial charge < -0.3 is 16.2 Å². The van der Waals surface area contributed by atoms with Gasteiger partial charge in [0.25, 0.3) is 0 Å². The Hall–Kier alpha value is -2.50. The Morgan fingerprint density at radius 1 is 1.41 bits per heavy atom. The number of rotatable bonds is 8. The van der Waals surface area contributed by atoms with E-state index in [1.165, 1.54) is 0 Å². The molecule has 0 radical (unpaired) electrons. The molecule has 5 N–H and O–H groups in total. The van der Waals surface area contributed by atoms with E-state index in [1.807, 2.05) is 6.07 Å². The predicted molar refractivity (Wildman–Crippen MR) is 94.1 cm³/mol. The Morgan fingerprint density at radius 3 is 2.86 bits per heavy atom. The summed E-state index contributed by atoms with van der Waals surface area (Å²) in [5, 5.41) is 4.02. The molecule has 0 bridgehead atoms. The highest BCUT2D eigenvalue weighted by Crippen LogP contribution is 2.24. The molecular formula is C16H25N5O. The number of nitrogens with one attached hydrogen (secondary N) is 1. The number of hydrogen-bond acceptors (Lipinski definition) is 4. The first kappa shape index (κ1) is 17.6. The maximum absolute atomic E-state index is 5.92. The van der Waals surface area contributed by atoms with Crippen molar-refractivity contribution in [2.45, 2.75) is 26.2 Å². The van der Waals surface area contributed by atoms with Gasteiger partial charge in [0.1, 0.15) is 5.75 Å². The zero-order valence-electron chi connectivity index (χ0n) is 13.3. The lowest BCUT2D eigenvalue weighted by molar-refractivity contribution is 0.415. The zero-order valence-corrected chi connectivity index (χ0v) is 13.3. The molecule has 0 saturated heterocycles. The molecule has 6 nitrogen and oxygen atoms in total. The van der Waals surface area contributed by atoms with Crippen molar-refractivity contribution in [3.63, 3.8) is 0 Å². The van der Waals surface area contributed by atoms with E-state index in [2.05, 4.69) is 29.0 Å². The van der Waals surface area contributed by atoms with Gasteiger partial charge in [0, 0.05) is 17.8 Å². The number of hydrazone groups is 1. The molecule has 0 spiro atoms. The van der Waals surface area contributed by atoms with Gasteiger partial charge in [0.2, 0.25) is 5.96 Å². The lowest BCUT2D eigenvalue weighted by Gasteiger charge is -2.07. The van der Waals surface area contributed by atoms with Crippen molar-refractivity contribution in [1.82, 2.24) is 5.43 Å². The minimum absolute atomic E-state index is 0.291. The van der Waals surface area contributed by atoms with Crippen molar-refractivity contribution in [1.29, 1.82) is 0 Å². The molecule has 6 heteroatoms. The normalized spacial score (nSPS) is 11.6. The number of nitrogens with two attached hydrogens (primary N) is 2. The fraction of sp³-hybridized carbons (Fsp3) is 0.375. The second kappa shape index (κ2) is 9.44. The number of ether oxygens (including phenoxy) is 1. The molecule has 0 saturated carbocycles. The van der Waals surface area contributed by atoms with Crippen LogP contribution in [0.2, 0.25) is 0 Å². The summed E-state index contributed by atoms with van der Waals surface area (Å²) in [5.41, 5.74) is 16.3. The van der Waals surface area contributed by atoms with E-state index < -0.39 is 0 Å². The summed E-state index contributed by atoms with van der Waals surface area (Å²) in [4.78, 5) is 4.17. The average Bonchev–Trinajstić information content (AvgIpc) is 2.52. The van der Waals surface area contributed by atoms with E-state index in [-0.39, 0.29) is 0 Å². The van der Waals surface area contributed by atoms with Crippen molar-refractivity contribution in [2.75, 3.05) is 19.4 Å².